The van der Waals surface area contributed by atoms with Crippen molar-refractivity contribution in [1.29, 1.82) is 0 Å². The molecule has 1 aromatic carbocycles. The molecule has 4 nitrogen and oxygen atoms in total. The fraction of sp³-hybridized carbons (Fsp3) is 0.500. The molecular formula is C12H15NO3S2. The van der Waals surface area contributed by atoms with Crippen molar-refractivity contribution in [1.82, 2.24) is 4.31 Å². The normalized spacial score (nSPS) is 27.6. The van der Waals surface area contributed by atoms with Crippen molar-refractivity contribution in [3.05, 3.63) is 24.3 Å². The highest BCUT2D eigenvalue weighted by atomic mass is 32.2. The molecule has 0 aliphatic carbocycles. The number of benzene rings is 1. The lowest BCUT2D eigenvalue weighted by Gasteiger charge is -2.25. The molecule has 0 amide bonds. The van der Waals surface area contributed by atoms with E-state index in [1.54, 1.807) is 35.7 Å². The van der Waals surface area contributed by atoms with Crippen LogP contribution in [0.2, 0.25) is 0 Å². The molecule has 2 bridgehead atoms. The van der Waals surface area contributed by atoms with Gasteiger partial charge in [0.05, 0.1) is 12.0 Å². The van der Waals surface area contributed by atoms with Gasteiger partial charge in [0, 0.05) is 29.7 Å². The molecule has 2 aliphatic rings. The second kappa shape index (κ2) is 4.43. The van der Waals surface area contributed by atoms with Crippen molar-refractivity contribution in [2.75, 3.05) is 19.4 Å². The summed E-state index contributed by atoms with van der Waals surface area (Å²) in [6.45, 7) is 0.648. The van der Waals surface area contributed by atoms with Crippen LogP contribution in [0.3, 0.4) is 0 Å². The van der Waals surface area contributed by atoms with Gasteiger partial charge in [-0.1, -0.05) is 6.07 Å². The summed E-state index contributed by atoms with van der Waals surface area (Å²) in [5, 5.41) is 0.482. The van der Waals surface area contributed by atoms with E-state index in [4.69, 9.17) is 4.74 Å². The molecule has 0 aromatic heterocycles. The molecule has 0 N–H and O–H groups in total. The number of hydrogen-bond acceptors (Lipinski definition) is 4. The van der Waals surface area contributed by atoms with Crippen molar-refractivity contribution < 1.29 is 13.2 Å². The molecular weight excluding hydrogens is 270 g/mol. The maximum absolute atomic E-state index is 12.6. The van der Waals surface area contributed by atoms with Crippen LogP contribution in [0.1, 0.15) is 6.42 Å². The Kier molecular flexibility index (Phi) is 3.03. The van der Waals surface area contributed by atoms with E-state index in [2.05, 4.69) is 0 Å². The Balaban J connectivity index is 1.94. The van der Waals surface area contributed by atoms with Crippen molar-refractivity contribution in [3.8, 4) is 5.75 Å². The molecule has 2 aliphatic heterocycles. The van der Waals surface area contributed by atoms with E-state index < -0.39 is 10.0 Å². The highest BCUT2D eigenvalue weighted by Gasteiger charge is 2.44. The number of methoxy groups -OCH3 is 1. The zero-order valence-corrected chi connectivity index (χ0v) is 11.7. The van der Waals surface area contributed by atoms with Gasteiger partial charge in [-0.25, -0.2) is 8.42 Å². The van der Waals surface area contributed by atoms with Crippen LogP contribution in [0.5, 0.6) is 5.75 Å². The molecule has 2 unspecified atom stereocenters. The number of ether oxygens (including phenoxy) is 1. The summed E-state index contributed by atoms with van der Waals surface area (Å²) in [5.41, 5.74) is 0. The molecule has 2 heterocycles. The van der Waals surface area contributed by atoms with Gasteiger partial charge >= 0.3 is 0 Å². The van der Waals surface area contributed by atoms with Crippen LogP contribution < -0.4 is 4.74 Å². The zero-order valence-electron chi connectivity index (χ0n) is 10.1. The molecule has 2 fully saturated rings. The molecule has 2 saturated heterocycles. The maximum Gasteiger partial charge on any atom is 0.243 e. The monoisotopic (exact) mass is 285 g/mol. The average Bonchev–Trinajstić information content (AvgIpc) is 3.01. The van der Waals surface area contributed by atoms with Crippen molar-refractivity contribution >= 4 is 21.8 Å². The first-order chi connectivity index (χ1) is 8.61. The van der Waals surface area contributed by atoms with E-state index in [1.807, 2.05) is 11.8 Å². The van der Waals surface area contributed by atoms with E-state index in [0.717, 1.165) is 12.2 Å². The number of nitrogens with zero attached hydrogens (tertiary/aromatic N) is 1. The molecule has 3 rings (SSSR count). The first-order valence-corrected chi connectivity index (χ1v) is 8.37. The summed E-state index contributed by atoms with van der Waals surface area (Å²) in [7, 11) is -1.82. The van der Waals surface area contributed by atoms with Gasteiger partial charge in [0.2, 0.25) is 10.0 Å². The first kappa shape index (κ1) is 12.3. The van der Waals surface area contributed by atoms with Gasteiger partial charge in [-0.15, -0.1) is 0 Å². The molecule has 0 spiro atoms. The third-order valence-electron chi connectivity index (χ3n) is 3.50. The number of fused-ring (bicyclic) bond motifs is 2. The fourth-order valence-corrected chi connectivity index (χ4v) is 5.89. The predicted octanol–water partition coefficient (Wildman–Crippen LogP) is 1.57. The van der Waals surface area contributed by atoms with Gasteiger partial charge in [-0.2, -0.15) is 16.1 Å². The van der Waals surface area contributed by atoms with Crippen LogP contribution in [-0.2, 0) is 10.0 Å². The topological polar surface area (TPSA) is 46.6 Å². The third kappa shape index (κ3) is 1.92. The van der Waals surface area contributed by atoms with Crippen LogP contribution in [0.25, 0.3) is 0 Å². The van der Waals surface area contributed by atoms with Crippen LogP contribution >= 0.6 is 11.8 Å². The lowest BCUT2D eigenvalue weighted by molar-refractivity contribution is 0.404. The van der Waals surface area contributed by atoms with E-state index >= 15 is 0 Å². The van der Waals surface area contributed by atoms with E-state index in [9.17, 15) is 8.42 Å². The van der Waals surface area contributed by atoms with Gasteiger partial charge in [0.15, 0.2) is 0 Å². The Morgan fingerprint density at radius 3 is 2.89 bits per heavy atom. The van der Waals surface area contributed by atoms with Gasteiger partial charge in [0.25, 0.3) is 0 Å². The number of hydrogen-bond donors (Lipinski definition) is 0. The smallest absolute Gasteiger partial charge is 0.243 e. The first-order valence-electron chi connectivity index (χ1n) is 5.89. The average molecular weight is 285 g/mol. The van der Waals surface area contributed by atoms with E-state index in [0.29, 0.717) is 22.4 Å². The minimum atomic E-state index is -3.36. The Hall–Kier alpha value is -0.720. The molecule has 18 heavy (non-hydrogen) atoms. The SMILES string of the molecule is COc1cccc(S(=O)(=O)N2CC3CC2CS3)c1. The van der Waals surface area contributed by atoms with Crippen molar-refractivity contribution in [2.24, 2.45) is 0 Å². The molecule has 6 heteroatoms. The Bertz CT molecular complexity index is 558. The lowest BCUT2D eigenvalue weighted by atomic mass is 10.3. The summed E-state index contributed by atoms with van der Waals surface area (Å²) >= 11 is 1.88. The number of rotatable bonds is 3. The largest absolute Gasteiger partial charge is 0.497 e. The van der Waals surface area contributed by atoms with Crippen molar-refractivity contribution in [2.45, 2.75) is 22.6 Å². The number of sulfonamides is 1. The Labute approximate surface area is 111 Å². The van der Waals surface area contributed by atoms with Gasteiger partial charge in [-0.05, 0) is 18.6 Å². The van der Waals surface area contributed by atoms with Crippen LogP contribution in [0, 0.1) is 0 Å². The van der Waals surface area contributed by atoms with E-state index in [1.165, 1.54) is 0 Å². The molecule has 0 radical (unpaired) electrons. The quantitative estimate of drug-likeness (QED) is 0.846. The Morgan fingerprint density at radius 1 is 1.44 bits per heavy atom. The molecule has 2 atom stereocenters. The van der Waals surface area contributed by atoms with Gasteiger partial charge < -0.3 is 4.74 Å². The van der Waals surface area contributed by atoms with E-state index in [-0.39, 0.29) is 6.04 Å². The molecule has 98 valence electrons. The maximum atomic E-state index is 12.6. The minimum Gasteiger partial charge on any atom is -0.497 e. The summed E-state index contributed by atoms with van der Waals surface area (Å²) in [5.74, 6) is 1.50. The van der Waals surface area contributed by atoms with Gasteiger partial charge in [0.1, 0.15) is 5.75 Å². The summed E-state index contributed by atoms with van der Waals surface area (Å²) in [4.78, 5) is 0.333. The lowest BCUT2D eigenvalue weighted by Crippen LogP contribution is -2.39. The van der Waals surface area contributed by atoms with Crippen LogP contribution in [-0.4, -0.2) is 43.4 Å². The van der Waals surface area contributed by atoms with Crippen molar-refractivity contribution in [3.63, 3.8) is 0 Å². The van der Waals surface area contributed by atoms with Gasteiger partial charge in [-0.3, -0.25) is 0 Å². The highest BCUT2D eigenvalue weighted by Crippen LogP contribution is 2.40. The minimum absolute atomic E-state index is 0.177. The second-order valence-corrected chi connectivity index (χ2v) is 7.82. The summed E-state index contributed by atoms with van der Waals surface area (Å²) < 4.78 is 31.9. The second-order valence-electron chi connectivity index (χ2n) is 4.60. The highest BCUT2D eigenvalue weighted by molar-refractivity contribution is 8.00. The zero-order chi connectivity index (χ0) is 12.8. The molecule has 0 saturated carbocycles. The number of thioether (sulfide) groups is 1. The van der Waals surface area contributed by atoms with Crippen LogP contribution in [0.15, 0.2) is 29.2 Å². The third-order valence-corrected chi connectivity index (χ3v) is 6.80. The Morgan fingerprint density at radius 2 is 2.28 bits per heavy atom. The molecule has 1 aromatic rings. The predicted molar refractivity (Wildman–Crippen MR) is 71.5 cm³/mol. The van der Waals surface area contributed by atoms with Crippen LogP contribution in [0.4, 0.5) is 0 Å². The summed E-state index contributed by atoms with van der Waals surface area (Å²) in [6.07, 6.45) is 0.994. The fourth-order valence-electron chi connectivity index (χ4n) is 2.56. The standard InChI is InChI=1S/C12H15NO3S2/c1-16-10-3-2-4-12(6-10)18(14,15)13-7-11-5-9(13)8-17-11/h2-4,6,9,11H,5,7-8H2,1H3. The summed E-state index contributed by atoms with van der Waals surface area (Å²) in [6, 6.07) is 6.88.